The van der Waals surface area contributed by atoms with E-state index in [4.69, 9.17) is 0 Å². The molecule has 162 valence electrons. The minimum absolute atomic E-state index is 0.00172. The monoisotopic (exact) mass is 421 g/mol. The van der Waals surface area contributed by atoms with E-state index in [1.165, 1.54) is 24.3 Å². The maximum Gasteiger partial charge on any atom is 0.387 e. The molecule has 0 aliphatic carbocycles. The molecule has 0 N–H and O–H groups in total. The van der Waals surface area contributed by atoms with E-state index in [1.54, 1.807) is 36.2 Å². The van der Waals surface area contributed by atoms with Crippen molar-refractivity contribution in [2.75, 3.05) is 44.7 Å². The minimum Gasteiger partial charge on any atom is -0.435 e. The molecule has 1 saturated heterocycles. The molecule has 0 atom stereocenters. The standard InChI is InChI=1S/C22H26F3N3O2/c1-26(15-17-3-9-20(10-4-17)30-22(24)25)21(29)16-27-11-2-12-28(14-13-27)19-7-5-18(23)6-8-19/h3-10,22H,2,11-16H2,1H3. The van der Waals surface area contributed by atoms with Crippen molar-refractivity contribution in [2.24, 2.45) is 0 Å². The average molecular weight is 421 g/mol. The molecule has 1 amide bonds. The second-order valence-corrected chi connectivity index (χ2v) is 7.37. The Balaban J connectivity index is 1.48. The lowest BCUT2D eigenvalue weighted by Gasteiger charge is -2.25. The van der Waals surface area contributed by atoms with Gasteiger partial charge in [-0.2, -0.15) is 8.78 Å². The van der Waals surface area contributed by atoms with E-state index in [0.717, 1.165) is 43.9 Å². The summed E-state index contributed by atoms with van der Waals surface area (Å²) in [5.74, 6) is -0.156. The van der Waals surface area contributed by atoms with Gasteiger partial charge in [0.2, 0.25) is 5.91 Å². The fourth-order valence-electron chi connectivity index (χ4n) is 3.49. The maximum absolute atomic E-state index is 13.1. The van der Waals surface area contributed by atoms with E-state index < -0.39 is 6.61 Å². The van der Waals surface area contributed by atoms with Crippen LogP contribution in [-0.2, 0) is 11.3 Å². The Bertz CT molecular complexity index is 815. The SMILES string of the molecule is CN(Cc1ccc(OC(F)F)cc1)C(=O)CN1CCCN(c2ccc(F)cc2)CC1. The largest absolute Gasteiger partial charge is 0.435 e. The molecule has 3 rings (SSSR count). The molecule has 0 spiro atoms. The molecule has 1 heterocycles. The Hall–Kier alpha value is -2.74. The maximum atomic E-state index is 13.1. The van der Waals surface area contributed by atoms with E-state index >= 15 is 0 Å². The van der Waals surface area contributed by atoms with Gasteiger partial charge < -0.3 is 14.5 Å². The first-order valence-electron chi connectivity index (χ1n) is 9.91. The van der Waals surface area contributed by atoms with Crippen LogP contribution in [0.15, 0.2) is 48.5 Å². The summed E-state index contributed by atoms with van der Waals surface area (Å²) in [4.78, 5) is 18.6. The topological polar surface area (TPSA) is 36.0 Å². The summed E-state index contributed by atoms with van der Waals surface area (Å²) in [5, 5.41) is 0. The van der Waals surface area contributed by atoms with E-state index in [-0.39, 0.29) is 17.5 Å². The van der Waals surface area contributed by atoms with Gasteiger partial charge in [-0.25, -0.2) is 4.39 Å². The summed E-state index contributed by atoms with van der Waals surface area (Å²) in [6, 6.07) is 12.8. The lowest BCUT2D eigenvalue weighted by molar-refractivity contribution is -0.131. The minimum atomic E-state index is -2.85. The fourth-order valence-corrected chi connectivity index (χ4v) is 3.49. The number of ether oxygens (including phenoxy) is 1. The van der Waals surface area contributed by atoms with Gasteiger partial charge in [-0.3, -0.25) is 9.69 Å². The zero-order valence-electron chi connectivity index (χ0n) is 16.9. The Kier molecular flexibility index (Phi) is 7.57. The molecule has 5 nitrogen and oxygen atoms in total. The summed E-state index contributed by atoms with van der Waals surface area (Å²) in [7, 11) is 1.73. The molecule has 0 saturated carbocycles. The summed E-state index contributed by atoms with van der Waals surface area (Å²) in [5.41, 5.74) is 1.83. The molecule has 2 aromatic carbocycles. The number of carbonyl (C=O) groups excluding carboxylic acids is 1. The highest BCUT2D eigenvalue weighted by Gasteiger charge is 2.19. The van der Waals surface area contributed by atoms with E-state index in [2.05, 4.69) is 14.5 Å². The third kappa shape index (κ3) is 6.38. The molecule has 0 unspecified atom stereocenters. The van der Waals surface area contributed by atoms with Gasteiger partial charge in [0, 0.05) is 45.5 Å². The number of hydrogen-bond acceptors (Lipinski definition) is 4. The zero-order chi connectivity index (χ0) is 21.5. The third-order valence-corrected chi connectivity index (χ3v) is 5.13. The van der Waals surface area contributed by atoms with Crippen molar-refractivity contribution in [1.29, 1.82) is 0 Å². The Morgan fingerprint density at radius 2 is 1.73 bits per heavy atom. The van der Waals surface area contributed by atoms with E-state index in [0.29, 0.717) is 13.1 Å². The molecule has 0 aromatic heterocycles. The summed E-state index contributed by atoms with van der Waals surface area (Å²) in [6.07, 6.45) is 0.917. The van der Waals surface area contributed by atoms with E-state index in [9.17, 15) is 18.0 Å². The van der Waals surface area contributed by atoms with Gasteiger partial charge in [0.1, 0.15) is 11.6 Å². The highest BCUT2D eigenvalue weighted by molar-refractivity contribution is 5.78. The normalized spacial score (nSPS) is 15.2. The first kappa shape index (κ1) is 22.0. The van der Waals surface area contributed by atoms with Crippen LogP contribution in [0.25, 0.3) is 0 Å². The molecule has 0 bridgehead atoms. The second-order valence-electron chi connectivity index (χ2n) is 7.37. The number of rotatable bonds is 7. The number of anilines is 1. The summed E-state index contributed by atoms with van der Waals surface area (Å²) in [6.45, 7) is 1.05. The Labute approximate surface area is 174 Å². The van der Waals surface area contributed by atoms with Crippen LogP contribution in [-0.4, -0.2) is 62.1 Å². The number of likely N-dealkylation sites (N-methyl/N-ethyl adjacent to an activating group) is 1. The molecule has 0 radical (unpaired) electrons. The zero-order valence-corrected chi connectivity index (χ0v) is 16.9. The number of amides is 1. The van der Waals surface area contributed by atoms with Crippen LogP contribution >= 0.6 is 0 Å². The van der Waals surface area contributed by atoms with Gasteiger partial charge in [-0.15, -0.1) is 0 Å². The lowest BCUT2D eigenvalue weighted by Crippen LogP contribution is -2.40. The third-order valence-electron chi connectivity index (χ3n) is 5.13. The van der Waals surface area contributed by atoms with Gasteiger partial charge in [0.15, 0.2) is 0 Å². The number of benzene rings is 2. The first-order valence-corrected chi connectivity index (χ1v) is 9.91. The highest BCUT2D eigenvalue weighted by Crippen LogP contribution is 2.18. The van der Waals surface area contributed by atoms with Crippen molar-refractivity contribution in [1.82, 2.24) is 9.80 Å². The van der Waals surface area contributed by atoms with Crippen molar-refractivity contribution in [3.63, 3.8) is 0 Å². The Morgan fingerprint density at radius 3 is 2.40 bits per heavy atom. The number of nitrogens with zero attached hydrogens (tertiary/aromatic N) is 3. The quantitative estimate of drug-likeness (QED) is 0.685. The van der Waals surface area contributed by atoms with Crippen LogP contribution in [0.3, 0.4) is 0 Å². The van der Waals surface area contributed by atoms with Crippen LogP contribution in [0.5, 0.6) is 5.75 Å². The number of carbonyl (C=O) groups is 1. The van der Waals surface area contributed by atoms with Gasteiger partial charge in [0.25, 0.3) is 0 Å². The summed E-state index contributed by atoms with van der Waals surface area (Å²) >= 11 is 0. The molecular weight excluding hydrogens is 395 g/mol. The molecule has 1 fully saturated rings. The first-order chi connectivity index (χ1) is 14.4. The van der Waals surface area contributed by atoms with Gasteiger partial charge in [0.05, 0.1) is 6.54 Å². The average Bonchev–Trinajstić information content (AvgIpc) is 2.95. The Morgan fingerprint density at radius 1 is 1.03 bits per heavy atom. The van der Waals surface area contributed by atoms with Crippen LogP contribution in [0.2, 0.25) is 0 Å². The molecular formula is C22H26F3N3O2. The molecule has 2 aromatic rings. The number of halogens is 3. The molecule has 30 heavy (non-hydrogen) atoms. The predicted molar refractivity (Wildman–Crippen MR) is 109 cm³/mol. The van der Waals surface area contributed by atoms with Crippen LogP contribution in [0.1, 0.15) is 12.0 Å². The van der Waals surface area contributed by atoms with Crippen molar-refractivity contribution in [3.05, 3.63) is 59.9 Å². The molecule has 1 aliphatic rings. The molecule has 8 heteroatoms. The summed E-state index contributed by atoms with van der Waals surface area (Å²) < 4.78 is 41.9. The van der Waals surface area contributed by atoms with Gasteiger partial charge in [-0.1, -0.05) is 12.1 Å². The van der Waals surface area contributed by atoms with Crippen molar-refractivity contribution in [3.8, 4) is 5.75 Å². The molecule has 1 aliphatic heterocycles. The van der Waals surface area contributed by atoms with Crippen molar-refractivity contribution < 1.29 is 22.7 Å². The smallest absolute Gasteiger partial charge is 0.387 e. The lowest BCUT2D eigenvalue weighted by atomic mass is 10.2. The van der Waals surface area contributed by atoms with Crippen LogP contribution in [0, 0.1) is 5.82 Å². The number of hydrogen-bond donors (Lipinski definition) is 0. The number of alkyl halides is 2. The highest BCUT2D eigenvalue weighted by atomic mass is 19.3. The van der Waals surface area contributed by atoms with Crippen LogP contribution in [0.4, 0.5) is 18.9 Å². The fraction of sp³-hybridized carbons (Fsp3) is 0.409. The van der Waals surface area contributed by atoms with Gasteiger partial charge in [-0.05, 0) is 48.4 Å². The predicted octanol–water partition coefficient (Wildman–Crippen LogP) is 3.60. The second kappa shape index (κ2) is 10.3. The van der Waals surface area contributed by atoms with Gasteiger partial charge >= 0.3 is 6.61 Å². The van der Waals surface area contributed by atoms with E-state index in [1.807, 2.05) is 0 Å². The van der Waals surface area contributed by atoms with Crippen LogP contribution < -0.4 is 9.64 Å². The van der Waals surface area contributed by atoms with Crippen molar-refractivity contribution in [2.45, 2.75) is 19.6 Å². The van der Waals surface area contributed by atoms with Crippen molar-refractivity contribution >= 4 is 11.6 Å².